The van der Waals surface area contributed by atoms with Gasteiger partial charge in [0, 0.05) is 23.4 Å². The Labute approximate surface area is 129 Å². The Morgan fingerprint density at radius 2 is 2.05 bits per heavy atom. The summed E-state index contributed by atoms with van der Waals surface area (Å²) in [7, 11) is 1.51. The van der Waals surface area contributed by atoms with E-state index in [2.05, 4.69) is 4.98 Å². The highest BCUT2D eigenvalue weighted by Gasteiger charge is 2.12. The van der Waals surface area contributed by atoms with E-state index in [0.717, 1.165) is 18.2 Å². The Kier molecular flexibility index (Phi) is 5.69. The lowest BCUT2D eigenvalue weighted by atomic mass is 10.0. The molecule has 0 unspecified atom stereocenters. The lowest BCUT2D eigenvalue weighted by Crippen LogP contribution is -2.08. The average molecular weight is 305 g/mol. The summed E-state index contributed by atoms with van der Waals surface area (Å²) in [5.41, 5.74) is 0.949. The highest BCUT2D eigenvalue weighted by molar-refractivity contribution is 5.83. The minimum absolute atomic E-state index is 0.138. The fraction of sp³-hybridized carbons (Fsp3) is 0.412. The van der Waals surface area contributed by atoms with Crippen molar-refractivity contribution < 1.29 is 18.7 Å². The predicted molar refractivity (Wildman–Crippen MR) is 82.4 cm³/mol. The third-order valence-electron chi connectivity index (χ3n) is 3.43. The van der Waals surface area contributed by atoms with Crippen molar-refractivity contribution in [3.8, 4) is 5.88 Å². The molecule has 1 aromatic carbocycles. The van der Waals surface area contributed by atoms with Gasteiger partial charge < -0.3 is 9.47 Å². The van der Waals surface area contributed by atoms with E-state index in [1.54, 1.807) is 12.1 Å². The number of nitrogens with zero attached hydrogens (tertiary/aromatic N) is 1. The zero-order valence-electron chi connectivity index (χ0n) is 12.9. The Bertz CT molecular complexity index is 658. The summed E-state index contributed by atoms with van der Waals surface area (Å²) >= 11 is 0. The normalized spacial score (nSPS) is 10.7. The molecule has 4 nitrogen and oxygen atoms in total. The van der Waals surface area contributed by atoms with Crippen LogP contribution in [0.3, 0.4) is 0 Å². The van der Waals surface area contributed by atoms with E-state index in [4.69, 9.17) is 9.47 Å². The van der Waals surface area contributed by atoms with Crippen LogP contribution in [0.25, 0.3) is 10.9 Å². The third kappa shape index (κ3) is 3.93. The summed E-state index contributed by atoms with van der Waals surface area (Å²) in [5, 5.41) is 0.816. The first-order valence-electron chi connectivity index (χ1n) is 7.43. The van der Waals surface area contributed by atoms with Crippen molar-refractivity contribution >= 4 is 16.9 Å². The van der Waals surface area contributed by atoms with Crippen molar-refractivity contribution in [3.05, 3.63) is 35.6 Å². The minimum Gasteiger partial charge on any atom is -0.481 e. The molecule has 2 rings (SSSR count). The minimum atomic E-state index is -0.366. The Morgan fingerprint density at radius 3 is 2.77 bits per heavy atom. The smallest absolute Gasteiger partial charge is 0.306 e. The highest BCUT2D eigenvalue weighted by atomic mass is 19.1. The van der Waals surface area contributed by atoms with Crippen LogP contribution in [0, 0.1) is 5.82 Å². The number of aryl methyl sites for hydroxylation is 1. The lowest BCUT2D eigenvalue weighted by Gasteiger charge is -2.09. The van der Waals surface area contributed by atoms with Gasteiger partial charge in [-0.05, 0) is 31.0 Å². The van der Waals surface area contributed by atoms with Gasteiger partial charge in [0.25, 0.3) is 0 Å². The number of ether oxygens (including phenoxy) is 2. The molecule has 0 N–H and O–H groups in total. The van der Waals surface area contributed by atoms with Crippen LogP contribution >= 0.6 is 0 Å². The number of carbonyl (C=O) groups excluding carboxylic acids is 1. The van der Waals surface area contributed by atoms with Gasteiger partial charge in [0.2, 0.25) is 5.88 Å². The van der Waals surface area contributed by atoms with Crippen LogP contribution in [-0.4, -0.2) is 24.7 Å². The van der Waals surface area contributed by atoms with Crippen LogP contribution in [0.1, 0.15) is 31.7 Å². The Morgan fingerprint density at radius 1 is 1.27 bits per heavy atom. The van der Waals surface area contributed by atoms with Crippen LogP contribution in [0.5, 0.6) is 5.88 Å². The van der Waals surface area contributed by atoms with Crippen LogP contribution in [0.15, 0.2) is 24.3 Å². The molecule has 0 fully saturated rings. The number of carbonyl (C=O) groups is 1. The van der Waals surface area contributed by atoms with E-state index in [-0.39, 0.29) is 24.6 Å². The number of methoxy groups -OCH3 is 1. The Balaban J connectivity index is 2.15. The molecule has 0 radical (unpaired) electrons. The fourth-order valence-electron chi connectivity index (χ4n) is 2.19. The van der Waals surface area contributed by atoms with E-state index in [1.807, 2.05) is 13.0 Å². The van der Waals surface area contributed by atoms with Gasteiger partial charge in [-0.2, -0.15) is 0 Å². The van der Waals surface area contributed by atoms with Crippen LogP contribution in [0.4, 0.5) is 4.39 Å². The van der Waals surface area contributed by atoms with Gasteiger partial charge in [-0.25, -0.2) is 9.37 Å². The number of fused-ring (bicyclic) bond motifs is 1. The molecule has 22 heavy (non-hydrogen) atoms. The van der Waals surface area contributed by atoms with E-state index in [0.29, 0.717) is 23.6 Å². The van der Waals surface area contributed by atoms with Gasteiger partial charge in [0.15, 0.2) is 0 Å². The molecule has 0 bridgehead atoms. The second-order valence-electron chi connectivity index (χ2n) is 5.03. The van der Waals surface area contributed by atoms with Gasteiger partial charge in [-0.1, -0.05) is 13.3 Å². The molecule has 5 heteroatoms. The van der Waals surface area contributed by atoms with Crippen molar-refractivity contribution in [1.29, 1.82) is 0 Å². The number of unbranched alkanes of at least 4 members (excludes halogenated alkanes) is 1. The molecule has 0 saturated heterocycles. The zero-order chi connectivity index (χ0) is 15.9. The quantitative estimate of drug-likeness (QED) is 0.578. The number of benzene rings is 1. The van der Waals surface area contributed by atoms with Crippen molar-refractivity contribution in [3.63, 3.8) is 0 Å². The molecule has 0 aliphatic heterocycles. The van der Waals surface area contributed by atoms with Gasteiger partial charge in [-0.3, -0.25) is 4.79 Å². The maximum atomic E-state index is 14.1. The molecule has 2 aromatic rings. The van der Waals surface area contributed by atoms with Gasteiger partial charge >= 0.3 is 5.97 Å². The summed E-state index contributed by atoms with van der Waals surface area (Å²) in [5.74, 6) is -0.257. The second-order valence-corrected chi connectivity index (χ2v) is 5.03. The van der Waals surface area contributed by atoms with Gasteiger partial charge in [-0.15, -0.1) is 0 Å². The number of hydrogen-bond donors (Lipinski definition) is 0. The molecule has 0 aliphatic rings. The number of hydrogen-bond acceptors (Lipinski definition) is 4. The summed E-state index contributed by atoms with van der Waals surface area (Å²) in [6, 6.07) is 6.61. The average Bonchev–Trinajstić information content (AvgIpc) is 2.53. The summed E-state index contributed by atoms with van der Waals surface area (Å²) in [4.78, 5) is 16.0. The maximum Gasteiger partial charge on any atom is 0.306 e. The van der Waals surface area contributed by atoms with Gasteiger partial charge in [0.1, 0.15) is 5.82 Å². The predicted octanol–water partition coefficient (Wildman–Crippen LogP) is 3.66. The van der Waals surface area contributed by atoms with Crippen molar-refractivity contribution in [1.82, 2.24) is 4.98 Å². The molecule has 0 amide bonds. The SMILES string of the molecule is CCCCOC(=O)CCc1c(F)ccc2ccc(OC)nc12. The second kappa shape index (κ2) is 7.73. The molecule has 0 spiro atoms. The van der Waals surface area contributed by atoms with E-state index < -0.39 is 0 Å². The monoisotopic (exact) mass is 305 g/mol. The van der Waals surface area contributed by atoms with Crippen LogP contribution < -0.4 is 4.74 Å². The fourth-order valence-corrected chi connectivity index (χ4v) is 2.19. The molecular weight excluding hydrogens is 285 g/mol. The summed E-state index contributed by atoms with van der Waals surface area (Å²) < 4.78 is 24.3. The summed E-state index contributed by atoms with van der Waals surface area (Å²) in [6.45, 7) is 2.44. The number of halogens is 1. The van der Waals surface area contributed by atoms with Crippen LogP contribution in [-0.2, 0) is 16.0 Å². The largest absolute Gasteiger partial charge is 0.481 e. The lowest BCUT2D eigenvalue weighted by molar-refractivity contribution is -0.143. The highest BCUT2D eigenvalue weighted by Crippen LogP contribution is 2.24. The molecule has 0 atom stereocenters. The first kappa shape index (κ1) is 16.2. The first-order valence-corrected chi connectivity index (χ1v) is 7.43. The van der Waals surface area contributed by atoms with Crippen molar-refractivity contribution in [2.45, 2.75) is 32.6 Å². The van der Waals surface area contributed by atoms with E-state index in [1.165, 1.54) is 13.2 Å². The number of esters is 1. The number of pyridine rings is 1. The molecule has 0 aliphatic carbocycles. The van der Waals surface area contributed by atoms with Crippen LogP contribution in [0.2, 0.25) is 0 Å². The molecular formula is C17H20FNO3. The maximum absolute atomic E-state index is 14.1. The topological polar surface area (TPSA) is 48.4 Å². The van der Waals surface area contributed by atoms with E-state index in [9.17, 15) is 9.18 Å². The van der Waals surface area contributed by atoms with Crippen molar-refractivity contribution in [2.24, 2.45) is 0 Å². The Hall–Kier alpha value is -2.17. The van der Waals surface area contributed by atoms with E-state index >= 15 is 0 Å². The standard InChI is InChI=1S/C17H20FNO3/c1-3-4-11-22-16(20)10-7-13-14(18)8-5-12-6-9-15(21-2)19-17(12)13/h5-6,8-9H,3-4,7,10-11H2,1-2H3. The first-order chi connectivity index (χ1) is 10.7. The summed E-state index contributed by atoms with van der Waals surface area (Å²) in [6.07, 6.45) is 2.20. The molecule has 1 aromatic heterocycles. The number of rotatable bonds is 7. The third-order valence-corrected chi connectivity index (χ3v) is 3.43. The molecule has 1 heterocycles. The van der Waals surface area contributed by atoms with Crippen molar-refractivity contribution in [2.75, 3.05) is 13.7 Å². The van der Waals surface area contributed by atoms with Gasteiger partial charge in [0.05, 0.1) is 19.2 Å². The molecule has 0 saturated carbocycles. The number of aromatic nitrogens is 1. The zero-order valence-corrected chi connectivity index (χ0v) is 12.9. The molecule has 118 valence electrons.